The van der Waals surface area contributed by atoms with Gasteiger partial charge in [0.2, 0.25) is 0 Å². The molecule has 0 bridgehead atoms. The molecule has 64 valence electrons. The molecule has 0 heterocycles. The van der Waals surface area contributed by atoms with Crippen molar-refractivity contribution in [3.8, 4) is 0 Å². The Labute approximate surface area is 67.6 Å². The van der Waals surface area contributed by atoms with Crippen LogP contribution in [0.5, 0.6) is 0 Å². The van der Waals surface area contributed by atoms with Gasteiger partial charge in [-0.05, 0) is 24.3 Å². The lowest BCUT2D eigenvalue weighted by atomic mass is 9.78. The first kappa shape index (κ1) is 8.75. The molecular formula is C9H16O2. The van der Waals surface area contributed by atoms with Crippen LogP contribution in [0.2, 0.25) is 0 Å². The van der Waals surface area contributed by atoms with Gasteiger partial charge in [-0.2, -0.15) is 0 Å². The predicted molar refractivity (Wildman–Crippen MR) is 44.1 cm³/mol. The van der Waals surface area contributed by atoms with Crippen LogP contribution in [0.4, 0.5) is 0 Å². The Morgan fingerprint density at radius 3 is 2.27 bits per heavy atom. The summed E-state index contributed by atoms with van der Waals surface area (Å²) in [5.74, 6) is 0.323. The molecule has 0 aromatic rings. The van der Waals surface area contributed by atoms with Crippen molar-refractivity contribution in [3.05, 3.63) is 11.6 Å². The Bertz CT molecular complexity index is 174. The highest BCUT2D eigenvalue weighted by atomic mass is 16.3. The van der Waals surface area contributed by atoms with Gasteiger partial charge in [-0.25, -0.2) is 0 Å². The van der Waals surface area contributed by atoms with E-state index in [-0.39, 0.29) is 24.0 Å². The minimum absolute atomic E-state index is 0.161. The number of rotatable bonds is 0. The SMILES string of the molecule is CC1=CC(O)C(C)C(C)C1O. The van der Waals surface area contributed by atoms with Crippen molar-refractivity contribution in [2.24, 2.45) is 11.8 Å². The summed E-state index contributed by atoms with van der Waals surface area (Å²) in [6.07, 6.45) is 0.997. The van der Waals surface area contributed by atoms with Gasteiger partial charge in [0, 0.05) is 0 Å². The molecule has 0 amide bonds. The highest BCUT2D eigenvalue weighted by Crippen LogP contribution is 2.29. The van der Waals surface area contributed by atoms with Gasteiger partial charge in [-0.1, -0.05) is 19.9 Å². The van der Waals surface area contributed by atoms with E-state index in [9.17, 15) is 10.2 Å². The van der Waals surface area contributed by atoms with Crippen LogP contribution in [0.25, 0.3) is 0 Å². The average Bonchev–Trinajstić information content (AvgIpc) is 1.97. The van der Waals surface area contributed by atoms with Gasteiger partial charge in [0.05, 0.1) is 12.2 Å². The van der Waals surface area contributed by atoms with Crippen molar-refractivity contribution >= 4 is 0 Å². The first-order chi connectivity index (χ1) is 5.04. The first-order valence-electron chi connectivity index (χ1n) is 4.08. The van der Waals surface area contributed by atoms with Gasteiger partial charge in [0.25, 0.3) is 0 Å². The van der Waals surface area contributed by atoms with Crippen molar-refractivity contribution in [2.75, 3.05) is 0 Å². The van der Waals surface area contributed by atoms with E-state index in [1.165, 1.54) is 0 Å². The molecule has 2 heteroatoms. The van der Waals surface area contributed by atoms with E-state index in [1.54, 1.807) is 6.08 Å². The molecule has 0 saturated heterocycles. The van der Waals surface area contributed by atoms with Gasteiger partial charge >= 0.3 is 0 Å². The summed E-state index contributed by atoms with van der Waals surface area (Å²) >= 11 is 0. The summed E-state index contributed by atoms with van der Waals surface area (Å²) in [5, 5.41) is 19.0. The fourth-order valence-electron chi connectivity index (χ4n) is 1.53. The Morgan fingerprint density at radius 1 is 1.18 bits per heavy atom. The molecule has 1 rings (SSSR count). The first-order valence-corrected chi connectivity index (χ1v) is 4.08. The zero-order valence-corrected chi connectivity index (χ0v) is 7.28. The molecule has 4 unspecified atom stereocenters. The van der Waals surface area contributed by atoms with Gasteiger partial charge < -0.3 is 10.2 Å². The van der Waals surface area contributed by atoms with Crippen molar-refractivity contribution in [1.29, 1.82) is 0 Å². The second-order valence-electron chi connectivity index (χ2n) is 3.56. The lowest BCUT2D eigenvalue weighted by Gasteiger charge is -2.33. The Morgan fingerprint density at radius 2 is 1.73 bits per heavy atom. The Kier molecular flexibility index (Phi) is 2.35. The molecule has 0 aromatic heterocycles. The predicted octanol–water partition coefficient (Wildman–Crippen LogP) is 0.940. The minimum atomic E-state index is -0.381. The molecule has 0 fully saturated rings. The molecule has 2 nitrogen and oxygen atoms in total. The maximum absolute atomic E-state index is 9.56. The smallest absolute Gasteiger partial charge is 0.0777 e. The minimum Gasteiger partial charge on any atom is -0.389 e. The Balaban J connectivity index is 2.83. The normalized spacial score (nSPS) is 45.4. The average molecular weight is 156 g/mol. The quantitative estimate of drug-likeness (QED) is 0.512. The second-order valence-corrected chi connectivity index (χ2v) is 3.56. The topological polar surface area (TPSA) is 40.5 Å². The van der Waals surface area contributed by atoms with Crippen LogP contribution in [-0.4, -0.2) is 22.4 Å². The summed E-state index contributed by atoms with van der Waals surface area (Å²) in [5.41, 5.74) is 0.892. The van der Waals surface area contributed by atoms with Gasteiger partial charge in [0.1, 0.15) is 0 Å². The third kappa shape index (κ3) is 1.47. The third-order valence-corrected chi connectivity index (χ3v) is 2.77. The molecule has 0 aromatic carbocycles. The number of aliphatic hydroxyl groups excluding tert-OH is 2. The number of aliphatic hydroxyl groups is 2. The number of hydrogen-bond donors (Lipinski definition) is 2. The van der Waals surface area contributed by atoms with Crippen LogP contribution >= 0.6 is 0 Å². The van der Waals surface area contributed by atoms with Crippen molar-refractivity contribution in [1.82, 2.24) is 0 Å². The zero-order valence-electron chi connectivity index (χ0n) is 7.28. The summed E-state index contributed by atoms with van der Waals surface area (Å²) in [7, 11) is 0. The molecule has 1 aliphatic carbocycles. The van der Waals surface area contributed by atoms with Crippen LogP contribution in [0, 0.1) is 11.8 Å². The van der Waals surface area contributed by atoms with E-state index in [2.05, 4.69) is 0 Å². The maximum atomic E-state index is 9.56. The maximum Gasteiger partial charge on any atom is 0.0777 e. The van der Waals surface area contributed by atoms with Crippen LogP contribution in [0.15, 0.2) is 11.6 Å². The van der Waals surface area contributed by atoms with Crippen molar-refractivity contribution in [2.45, 2.75) is 33.0 Å². The number of hydrogen-bond acceptors (Lipinski definition) is 2. The fourth-order valence-corrected chi connectivity index (χ4v) is 1.53. The summed E-state index contributed by atoms with van der Waals surface area (Å²) < 4.78 is 0. The van der Waals surface area contributed by atoms with Crippen LogP contribution < -0.4 is 0 Å². The largest absolute Gasteiger partial charge is 0.389 e. The highest BCUT2D eigenvalue weighted by molar-refractivity contribution is 5.14. The molecule has 0 saturated carbocycles. The van der Waals surface area contributed by atoms with Gasteiger partial charge in [-0.15, -0.1) is 0 Å². The molecule has 1 aliphatic rings. The molecule has 0 spiro atoms. The van der Waals surface area contributed by atoms with E-state index >= 15 is 0 Å². The van der Waals surface area contributed by atoms with Crippen LogP contribution in [0.3, 0.4) is 0 Å². The monoisotopic (exact) mass is 156 g/mol. The summed E-state index contributed by atoms with van der Waals surface area (Å²) in [6.45, 7) is 5.78. The van der Waals surface area contributed by atoms with E-state index in [0.717, 1.165) is 5.57 Å². The summed E-state index contributed by atoms with van der Waals surface area (Å²) in [6, 6.07) is 0. The summed E-state index contributed by atoms with van der Waals surface area (Å²) in [4.78, 5) is 0. The lowest BCUT2D eigenvalue weighted by Crippen LogP contribution is -2.36. The van der Waals surface area contributed by atoms with E-state index in [4.69, 9.17) is 0 Å². The lowest BCUT2D eigenvalue weighted by molar-refractivity contribution is 0.0433. The fraction of sp³-hybridized carbons (Fsp3) is 0.778. The Hall–Kier alpha value is -0.340. The van der Waals surface area contributed by atoms with E-state index in [1.807, 2.05) is 20.8 Å². The van der Waals surface area contributed by atoms with Crippen LogP contribution in [-0.2, 0) is 0 Å². The zero-order chi connectivity index (χ0) is 8.59. The van der Waals surface area contributed by atoms with Crippen molar-refractivity contribution < 1.29 is 10.2 Å². The molecule has 2 N–H and O–H groups in total. The molecule has 11 heavy (non-hydrogen) atoms. The standard InChI is InChI=1S/C9H16O2/c1-5-4-8(10)6(2)7(3)9(5)11/h4,6-11H,1-3H3. The van der Waals surface area contributed by atoms with Gasteiger partial charge in [0.15, 0.2) is 0 Å². The molecular weight excluding hydrogens is 140 g/mol. The second kappa shape index (κ2) is 2.95. The van der Waals surface area contributed by atoms with Crippen LogP contribution in [0.1, 0.15) is 20.8 Å². The molecule has 0 radical (unpaired) electrons. The molecule has 0 aliphatic heterocycles. The highest BCUT2D eigenvalue weighted by Gasteiger charge is 2.30. The molecule has 4 atom stereocenters. The van der Waals surface area contributed by atoms with Crippen molar-refractivity contribution in [3.63, 3.8) is 0 Å². The van der Waals surface area contributed by atoms with Gasteiger partial charge in [-0.3, -0.25) is 0 Å². The van der Waals surface area contributed by atoms with E-state index in [0.29, 0.717) is 0 Å². The van der Waals surface area contributed by atoms with E-state index < -0.39 is 0 Å². The third-order valence-electron chi connectivity index (χ3n) is 2.77.